The number of carbonyl (C=O) groups is 2. The topological polar surface area (TPSA) is 116 Å². The summed E-state index contributed by atoms with van der Waals surface area (Å²) in [6.45, 7) is 0.0295. The van der Waals surface area contributed by atoms with Crippen LogP contribution in [0.15, 0.2) is 54.6 Å². The first-order valence-electron chi connectivity index (χ1n) is 7.61. The Kier molecular flexibility index (Phi) is 6.36. The summed E-state index contributed by atoms with van der Waals surface area (Å²) in [4.78, 5) is 23.0. The number of amides is 1. The number of aliphatic carboxylic acids is 1. The van der Waals surface area contributed by atoms with Crippen LogP contribution in [-0.2, 0) is 22.6 Å². The minimum atomic E-state index is -1.79. The smallest absolute Gasteiger partial charge is 0.407 e. The molecular formula is C18H19NO6. The van der Waals surface area contributed by atoms with E-state index in [1.165, 1.54) is 12.1 Å². The number of aliphatic hydroxyl groups excluding tert-OH is 1. The number of carboxylic acids is 1. The van der Waals surface area contributed by atoms with Crippen molar-refractivity contribution in [1.82, 2.24) is 5.32 Å². The molecule has 0 aliphatic rings. The van der Waals surface area contributed by atoms with E-state index in [-0.39, 0.29) is 18.8 Å². The summed E-state index contributed by atoms with van der Waals surface area (Å²) >= 11 is 0. The van der Waals surface area contributed by atoms with Crippen LogP contribution in [0.2, 0.25) is 0 Å². The van der Waals surface area contributed by atoms with E-state index >= 15 is 0 Å². The fourth-order valence-electron chi connectivity index (χ4n) is 2.22. The van der Waals surface area contributed by atoms with E-state index in [0.29, 0.717) is 5.56 Å². The molecule has 2 rings (SSSR count). The second-order valence-corrected chi connectivity index (χ2v) is 5.47. The van der Waals surface area contributed by atoms with Gasteiger partial charge >= 0.3 is 12.1 Å². The third-order valence-electron chi connectivity index (χ3n) is 3.54. The number of ether oxygens (including phenoxy) is 1. The molecule has 2 aromatic carbocycles. The number of phenols is 1. The highest BCUT2D eigenvalue weighted by Crippen LogP contribution is 2.13. The van der Waals surface area contributed by atoms with E-state index in [4.69, 9.17) is 9.84 Å². The van der Waals surface area contributed by atoms with Crippen molar-refractivity contribution in [3.8, 4) is 5.75 Å². The monoisotopic (exact) mass is 345 g/mol. The van der Waals surface area contributed by atoms with Crippen LogP contribution >= 0.6 is 0 Å². The van der Waals surface area contributed by atoms with Crippen molar-refractivity contribution in [2.45, 2.75) is 25.2 Å². The van der Waals surface area contributed by atoms with Crippen molar-refractivity contribution in [1.29, 1.82) is 0 Å². The van der Waals surface area contributed by atoms with Crippen LogP contribution < -0.4 is 5.32 Å². The molecule has 2 atom stereocenters. The number of alkyl carbamates (subject to hydrolysis) is 1. The first kappa shape index (κ1) is 18.3. The normalized spacial score (nSPS) is 12.8. The maximum atomic E-state index is 11.9. The number of rotatable bonds is 7. The van der Waals surface area contributed by atoms with E-state index in [2.05, 4.69) is 5.32 Å². The van der Waals surface area contributed by atoms with Crippen LogP contribution in [-0.4, -0.2) is 39.5 Å². The van der Waals surface area contributed by atoms with E-state index in [1.807, 2.05) is 6.07 Å². The van der Waals surface area contributed by atoms with Gasteiger partial charge < -0.3 is 25.4 Å². The zero-order valence-corrected chi connectivity index (χ0v) is 13.3. The summed E-state index contributed by atoms with van der Waals surface area (Å²) in [5.41, 5.74) is 1.43. The van der Waals surface area contributed by atoms with Gasteiger partial charge in [-0.25, -0.2) is 9.59 Å². The number of aromatic hydroxyl groups is 1. The van der Waals surface area contributed by atoms with Crippen LogP contribution in [0.1, 0.15) is 11.1 Å². The maximum Gasteiger partial charge on any atom is 0.407 e. The molecule has 1 amide bonds. The van der Waals surface area contributed by atoms with Crippen molar-refractivity contribution in [3.63, 3.8) is 0 Å². The molecule has 132 valence electrons. The van der Waals surface area contributed by atoms with Crippen LogP contribution in [0, 0.1) is 0 Å². The molecule has 0 saturated heterocycles. The Morgan fingerprint density at radius 2 is 1.64 bits per heavy atom. The van der Waals surface area contributed by atoms with Crippen molar-refractivity contribution >= 4 is 12.1 Å². The second kappa shape index (κ2) is 8.70. The fraction of sp³-hybridized carbons (Fsp3) is 0.222. The van der Waals surface area contributed by atoms with Crippen LogP contribution in [0.5, 0.6) is 5.75 Å². The third kappa shape index (κ3) is 5.82. The molecule has 7 nitrogen and oxygen atoms in total. The van der Waals surface area contributed by atoms with E-state index in [9.17, 15) is 19.8 Å². The quantitative estimate of drug-likeness (QED) is 0.607. The van der Waals surface area contributed by atoms with Crippen LogP contribution in [0.25, 0.3) is 0 Å². The number of hydrogen-bond acceptors (Lipinski definition) is 5. The third-order valence-corrected chi connectivity index (χ3v) is 3.54. The lowest BCUT2D eigenvalue weighted by Crippen LogP contribution is -2.48. The molecule has 0 aromatic heterocycles. The predicted octanol–water partition coefficient (Wildman–Crippen LogP) is 1.68. The molecular weight excluding hydrogens is 326 g/mol. The minimum Gasteiger partial charge on any atom is -0.508 e. The Balaban J connectivity index is 1.98. The molecule has 0 aliphatic heterocycles. The van der Waals surface area contributed by atoms with E-state index in [1.54, 1.807) is 36.4 Å². The van der Waals surface area contributed by atoms with Crippen molar-refractivity contribution in [2.75, 3.05) is 0 Å². The number of carbonyl (C=O) groups excluding carboxylic acids is 1. The number of phenolic OH excluding ortho intramolecular Hbond substituents is 1. The largest absolute Gasteiger partial charge is 0.508 e. The van der Waals surface area contributed by atoms with E-state index < -0.39 is 24.2 Å². The average Bonchev–Trinajstić information content (AvgIpc) is 2.61. The summed E-state index contributed by atoms with van der Waals surface area (Å²) < 4.78 is 5.05. The number of benzene rings is 2. The standard InChI is InChI=1S/C18H19NO6/c20-14-8-6-12(7-9-14)10-15(16(21)17(22)23)19-18(24)25-11-13-4-2-1-3-5-13/h1-9,15-16,20-21H,10-11H2,(H,19,24)(H,22,23)/t15-,16-/m1/s1. The number of carboxylic acid groups (broad SMARTS) is 1. The number of nitrogens with one attached hydrogen (secondary N) is 1. The summed E-state index contributed by atoms with van der Waals surface area (Å²) in [7, 11) is 0. The van der Waals surface area contributed by atoms with Crippen molar-refractivity contribution in [2.24, 2.45) is 0 Å². The molecule has 0 unspecified atom stereocenters. The second-order valence-electron chi connectivity index (χ2n) is 5.47. The molecule has 0 heterocycles. The SMILES string of the molecule is O=C(N[C@H](Cc1ccc(O)cc1)[C@@H](O)C(=O)O)OCc1ccccc1. The summed E-state index contributed by atoms with van der Waals surface area (Å²) in [6.07, 6.45) is -2.56. The lowest BCUT2D eigenvalue weighted by atomic mass is 10.0. The average molecular weight is 345 g/mol. The summed E-state index contributed by atoms with van der Waals surface area (Å²) in [5.74, 6) is -1.39. The molecule has 0 spiro atoms. The van der Waals surface area contributed by atoms with Gasteiger partial charge in [0.15, 0.2) is 6.10 Å². The Bertz CT molecular complexity index is 701. The van der Waals surface area contributed by atoms with Crippen molar-refractivity contribution < 1.29 is 29.6 Å². The Hall–Kier alpha value is -3.06. The highest BCUT2D eigenvalue weighted by molar-refractivity contribution is 5.75. The van der Waals surface area contributed by atoms with E-state index in [0.717, 1.165) is 5.56 Å². The first-order chi connectivity index (χ1) is 12.0. The van der Waals surface area contributed by atoms with Gasteiger partial charge in [-0.05, 0) is 29.7 Å². The van der Waals surface area contributed by atoms with Gasteiger partial charge in [0.1, 0.15) is 12.4 Å². The molecule has 0 fully saturated rings. The molecule has 25 heavy (non-hydrogen) atoms. The van der Waals surface area contributed by atoms with Crippen LogP contribution in [0.3, 0.4) is 0 Å². The maximum absolute atomic E-state index is 11.9. The summed E-state index contributed by atoms with van der Waals surface area (Å²) in [5, 5.41) is 30.5. The Morgan fingerprint density at radius 3 is 2.24 bits per heavy atom. The zero-order chi connectivity index (χ0) is 18.2. The molecule has 0 aliphatic carbocycles. The van der Waals surface area contributed by atoms with Crippen LogP contribution in [0.4, 0.5) is 4.79 Å². The van der Waals surface area contributed by atoms with Gasteiger partial charge in [0, 0.05) is 0 Å². The Morgan fingerprint density at radius 1 is 1.00 bits per heavy atom. The first-order valence-corrected chi connectivity index (χ1v) is 7.61. The Labute approximate surface area is 144 Å². The van der Waals surface area contributed by atoms with Gasteiger partial charge in [0.2, 0.25) is 0 Å². The molecule has 0 radical (unpaired) electrons. The van der Waals surface area contributed by atoms with Gasteiger partial charge in [-0.15, -0.1) is 0 Å². The molecule has 4 N–H and O–H groups in total. The van der Waals surface area contributed by atoms with Gasteiger partial charge in [-0.3, -0.25) is 0 Å². The lowest BCUT2D eigenvalue weighted by molar-refractivity contribution is -0.148. The molecule has 0 saturated carbocycles. The van der Waals surface area contributed by atoms with Crippen molar-refractivity contribution in [3.05, 3.63) is 65.7 Å². The predicted molar refractivity (Wildman–Crippen MR) is 89.0 cm³/mol. The summed E-state index contributed by atoms with van der Waals surface area (Å²) in [6, 6.07) is 14.0. The minimum absolute atomic E-state index is 0.0295. The van der Waals surface area contributed by atoms with Gasteiger partial charge in [0.05, 0.1) is 6.04 Å². The number of aliphatic hydroxyl groups is 1. The lowest BCUT2D eigenvalue weighted by Gasteiger charge is -2.21. The van der Waals surface area contributed by atoms with Gasteiger partial charge in [0.25, 0.3) is 0 Å². The van der Waals surface area contributed by atoms with Gasteiger partial charge in [-0.1, -0.05) is 42.5 Å². The highest BCUT2D eigenvalue weighted by Gasteiger charge is 2.28. The number of hydrogen-bond donors (Lipinski definition) is 4. The van der Waals surface area contributed by atoms with Gasteiger partial charge in [-0.2, -0.15) is 0 Å². The molecule has 0 bridgehead atoms. The fourth-order valence-corrected chi connectivity index (χ4v) is 2.22. The molecule has 7 heteroatoms. The molecule has 2 aromatic rings. The zero-order valence-electron chi connectivity index (χ0n) is 13.3. The highest BCUT2D eigenvalue weighted by atomic mass is 16.5.